The normalized spacial score (nSPS) is 11.4. The van der Waals surface area contributed by atoms with Crippen LogP contribution < -0.4 is 4.74 Å². The van der Waals surface area contributed by atoms with Gasteiger partial charge in [0.15, 0.2) is 0 Å². The Kier molecular flexibility index (Phi) is 3.58. The minimum absolute atomic E-state index is 0.0307. The molecule has 5 aromatic rings. The molecule has 4 heterocycles. The lowest BCUT2D eigenvalue weighted by Crippen LogP contribution is -1.99. The van der Waals surface area contributed by atoms with E-state index in [1.807, 2.05) is 60.8 Å². The second-order valence-corrected chi connectivity index (χ2v) is 6.66. The number of benzene rings is 1. The number of hydrogen-bond acceptors (Lipinski definition) is 5. The highest BCUT2D eigenvalue weighted by molar-refractivity contribution is 5.82. The maximum absolute atomic E-state index is 10.1. The Labute approximate surface area is 160 Å². The van der Waals surface area contributed by atoms with Crippen LogP contribution in [0.25, 0.3) is 27.7 Å². The SMILES string of the molecule is Cc1cc(Oc2nccc3occc23)ccc1-c1c(C)nc(O)c2cccn12. The lowest BCUT2D eigenvalue weighted by atomic mass is 10.0. The fourth-order valence-corrected chi connectivity index (χ4v) is 3.55. The highest BCUT2D eigenvalue weighted by Crippen LogP contribution is 2.34. The third-order valence-corrected chi connectivity index (χ3v) is 4.85. The molecule has 1 N–H and O–H groups in total. The zero-order chi connectivity index (χ0) is 19.3. The summed E-state index contributed by atoms with van der Waals surface area (Å²) in [5, 5.41) is 10.9. The highest BCUT2D eigenvalue weighted by atomic mass is 16.5. The van der Waals surface area contributed by atoms with E-state index in [9.17, 15) is 5.11 Å². The molecule has 6 heteroatoms. The molecule has 138 valence electrons. The number of aromatic hydroxyl groups is 1. The van der Waals surface area contributed by atoms with Crippen LogP contribution in [0.5, 0.6) is 17.5 Å². The topological polar surface area (TPSA) is 72.8 Å². The van der Waals surface area contributed by atoms with Gasteiger partial charge in [-0.1, -0.05) is 0 Å². The second kappa shape index (κ2) is 6.13. The molecular formula is C22H17N3O3. The van der Waals surface area contributed by atoms with Crippen molar-refractivity contribution in [2.24, 2.45) is 0 Å². The first kappa shape index (κ1) is 16.4. The minimum atomic E-state index is 0.0307. The predicted molar refractivity (Wildman–Crippen MR) is 106 cm³/mol. The van der Waals surface area contributed by atoms with Gasteiger partial charge in [-0.25, -0.2) is 9.97 Å². The van der Waals surface area contributed by atoms with Crippen LogP contribution in [0, 0.1) is 13.8 Å². The average Bonchev–Trinajstić information content (AvgIpc) is 3.33. The van der Waals surface area contributed by atoms with Crippen LogP contribution >= 0.6 is 0 Å². The molecule has 1 aromatic carbocycles. The monoisotopic (exact) mass is 371 g/mol. The van der Waals surface area contributed by atoms with Crippen molar-refractivity contribution < 1.29 is 14.3 Å². The number of rotatable bonds is 3. The fraction of sp³-hybridized carbons (Fsp3) is 0.0909. The van der Waals surface area contributed by atoms with Crippen molar-refractivity contribution in [3.63, 3.8) is 0 Å². The highest BCUT2D eigenvalue weighted by Gasteiger charge is 2.15. The number of aryl methyl sites for hydroxylation is 2. The van der Waals surface area contributed by atoms with Gasteiger partial charge >= 0.3 is 0 Å². The first-order valence-electron chi connectivity index (χ1n) is 8.89. The van der Waals surface area contributed by atoms with Crippen LogP contribution in [0.3, 0.4) is 0 Å². The van der Waals surface area contributed by atoms with Gasteiger partial charge in [0.05, 0.1) is 23.0 Å². The number of ether oxygens (including phenoxy) is 1. The van der Waals surface area contributed by atoms with Crippen LogP contribution in [0.1, 0.15) is 11.3 Å². The molecule has 0 radical (unpaired) electrons. The Bertz CT molecular complexity index is 1330. The molecule has 5 rings (SSSR count). The van der Waals surface area contributed by atoms with Crippen molar-refractivity contribution in [3.05, 3.63) is 72.4 Å². The lowest BCUT2D eigenvalue weighted by molar-refractivity contribution is 0.456. The number of aromatic nitrogens is 3. The van der Waals surface area contributed by atoms with Gasteiger partial charge in [0.25, 0.3) is 0 Å². The van der Waals surface area contributed by atoms with Crippen molar-refractivity contribution in [2.45, 2.75) is 13.8 Å². The van der Waals surface area contributed by atoms with E-state index in [1.165, 1.54) is 0 Å². The maximum atomic E-state index is 10.1. The summed E-state index contributed by atoms with van der Waals surface area (Å²) in [6, 6.07) is 13.3. The molecule has 0 unspecified atom stereocenters. The summed E-state index contributed by atoms with van der Waals surface area (Å²) < 4.78 is 13.4. The number of nitrogens with zero attached hydrogens (tertiary/aromatic N) is 3. The quantitative estimate of drug-likeness (QED) is 0.468. The standard InChI is InChI=1S/C22H17N3O3/c1-13-12-15(28-22-17-8-11-27-19(17)7-9-23-22)5-6-16(13)20-14(2)24-21(26)18-4-3-10-25(18)20/h3-12H,1-2H3,(H,24,26). The average molecular weight is 371 g/mol. The van der Waals surface area contributed by atoms with Crippen molar-refractivity contribution in [1.82, 2.24) is 14.4 Å². The third kappa shape index (κ3) is 2.50. The van der Waals surface area contributed by atoms with Crippen LogP contribution in [0.4, 0.5) is 0 Å². The first-order valence-corrected chi connectivity index (χ1v) is 8.89. The zero-order valence-electron chi connectivity index (χ0n) is 15.4. The summed E-state index contributed by atoms with van der Waals surface area (Å²) in [7, 11) is 0. The lowest BCUT2D eigenvalue weighted by Gasteiger charge is -2.14. The van der Waals surface area contributed by atoms with Gasteiger partial charge in [-0.15, -0.1) is 0 Å². The Balaban J connectivity index is 1.58. The molecule has 0 bridgehead atoms. The fourth-order valence-electron chi connectivity index (χ4n) is 3.55. The molecule has 0 aliphatic carbocycles. The van der Waals surface area contributed by atoms with Crippen molar-refractivity contribution >= 4 is 16.5 Å². The zero-order valence-corrected chi connectivity index (χ0v) is 15.4. The molecule has 0 spiro atoms. The molecule has 0 saturated heterocycles. The Hall–Kier alpha value is -3.80. The van der Waals surface area contributed by atoms with E-state index >= 15 is 0 Å². The van der Waals surface area contributed by atoms with Crippen molar-refractivity contribution in [1.29, 1.82) is 0 Å². The van der Waals surface area contributed by atoms with Gasteiger partial charge in [-0.3, -0.25) is 0 Å². The predicted octanol–water partition coefficient (Wildman–Crippen LogP) is 5.26. The van der Waals surface area contributed by atoms with E-state index in [2.05, 4.69) is 9.97 Å². The van der Waals surface area contributed by atoms with E-state index in [1.54, 1.807) is 18.5 Å². The molecule has 4 aromatic heterocycles. The third-order valence-electron chi connectivity index (χ3n) is 4.85. The Morgan fingerprint density at radius 2 is 2.00 bits per heavy atom. The van der Waals surface area contributed by atoms with Gasteiger partial charge in [0, 0.05) is 18.0 Å². The summed E-state index contributed by atoms with van der Waals surface area (Å²) in [5.74, 6) is 1.23. The van der Waals surface area contributed by atoms with E-state index < -0.39 is 0 Å². The van der Waals surface area contributed by atoms with Gasteiger partial charge in [-0.05, 0) is 61.9 Å². The Morgan fingerprint density at radius 3 is 2.86 bits per heavy atom. The van der Waals surface area contributed by atoms with Gasteiger partial charge < -0.3 is 18.7 Å². The molecule has 28 heavy (non-hydrogen) atoms. The van der Waals surface area contributed by atoms with E-state index in [4.69, 9.17) is 9.15 Å². The number of fused-ring (bicyclic) bond motifs is 2. The molecule has 6 nitrogen and oxygen atoms in total. The number of furan rings is 1. The molecule has 0 fully saturated rings. The molecular weight excluding hydrogens is 354 g/mol. The smallest absolute Gasteiger partial charge is 0.236 e. The summed E-state index contributed by atoms with van der Waals surface area (Å²) >= 11 is 0. The van der Waals surface area contributed by atoms with Crippen molar-refractivity contribution in [2.75, 3.05) is 0 Å². The van der Waals surface area contributed by atoms with Gasteiger partial charge in [0.2, 0.25) is 11.8 Å². The summed E-state index contributed by atoms with van der Waals surface area (Å²) in [6.07, 6.45) is 5.21. The van der Waals surface area contributed by atoms with Crippen molar-refractivity contribution in [3.8, 4) is 28.8 Å². The van der Waals surface area contributed by atoms with Crippen LogP contribution in [-0.4, -0.2) is 19.5 Å². The molecule has 0 atom stereocenters. The van der Waals surface area contributed by atoms with E-state index in [-0.39, 0.29) is 5.88 Å². The number of pyridine rings is 1. The van der Waals surface area contributed by atoms with Crippen LogP contribution in [-0.2, 0) is 0 Å². The summed E-state index contributed by atoms with van der Waals surface area (Å²) in [6.45, 7) is 3.91. The van der Waals surface area contributed by atoms with Crippen LogP contribution in [0.2, 0.25) is 0 Å². The van der Waals surface area contributed by atoms with Crippen LogP contribution in [0.15, 0.2) is 65.5 Å². The molecule has 0 aliphatic heterocycles. The minimum Gasteiger partial charge on any atom is -0.492 e. The largest absolute Gasteiger partial charge is 0.492 e. The second-order valence-electron chi connectivity index (χ2n) is 6.66. The molecule has 0 amide bonds. The number of hydrogen-bond donors (Lipinski definition) is 1. The first-order chi connectivity index (χ1) is 13.6. The maximum Gasteiger partial charge on any atom is 0.236 e. The summed E-state index contributed by atoms with van der Waals surface area (Å²) in [5.41, 5.74) is 5.16. The van der Waals surface area contributed by atoms with Gasteiger partial charge in [-0.2, -0.15) is 0 Å². The van der Waals surface area contributed by atoms with Gasteiger partial charge in [0.1, 0.15) is 16.8 Å². The Morgan fingerprint density at radius 1 is 1.11 bits per heavy atom. The summed E-state index contributed by atoms with van der Waals surface area (Å²) in [4.78, 5) is 8.61. The van der Waals surface area contributed by atoms with E-state index in [0.717, 1.165) is 33.5 Å². The molecule has 0 aliphatic rings. The van der Waals surface area contributed by atoms with E-state index in [0.29, 0.717) is 17.1 Å². The molecule has 0 saturated carbocycles.